The van der Waals surface area contributed by atoms with Gasteiger partial charge in [0.15, 0.2) is 15.5 Å². The number of benzene rings is 1. The van der Waals surface area contributed by atoms with E-state index in [9.17, 15) is 13.2 Å². The highest BCUT2D eigenvalue weighted by Crippen LogP contribution is 2.26. The first-order chi connectivity index (χ1) is 11.2. The Bertz CT molecular complexity index is 909. The molecule has 1 atom stereocenters. The van der Waals surface area contributed by atoms with Crippen LogP contribution in [0.5, 0.6) is 0 Å². The van der Waals surface area contributed by atoms with E-state index in [0.29, 0.717) is 22.2 Å². The number of nitrogens with one attached hydrogen (secondary N) is 1. The standard InChI is InChI=1S/C15H15Cl2N3O3S/c1-9-6-14(19-20(9)11-4-5-24(22,23)8-11)15(21)18-10-2-3-12(16)13(17)7-10/h2-3,6-7,11H,4-5,8H2,1H3,(H,18,21). The first-order valence-corrected chi connectivity index (χ1v) is 9.86. The van der Waals surface area contributed by atoms with Crippen LogP contribution in [0.15, 0.2) is 24.3 Å². The maximum absolute atomic E-state index is 12.3. The maximum Gasteiger partial charge on any atom is 0.276 e. The van der Waals surface area contributed by atoms with Gasteiger partial charge in [0.25, 0.3) is 5.91 Å². The smallest absolute Gasteiger partial charge is 0.276 e. The van der Waals surface area contributed by atoms with Crippen molar-refractivity contribution in [3.8, 4) is 0 Å². The average molecular weight is 388 g/mol. The highest BCUT2D eigenvalue weighted by atomic mass is 35.5. The quantitative estimate of drug-likeness (QED) is 0.876. The molecule has 0 bridgehead atoms. The van der Waals surface area contributed by atoms with Crippen molar-refractivity contribution < 1.29 is 13.2 Å². The second kappa shape index (κ2) is 6.38. The van der Waals surface area contributed by atoms with Crippen molar-refractivity contribution in [3.05, 3.63) is 45.7 Å². The van der Waals surface area contributed by atoms with Gasteiger partial charge in [-0.1, -0.05) is 23.2 Å². The van der Waals surface area contributed by atoms with E-state index in [-0.39, 0.29) is 23.2 Å². The molecule has 1 aliphatic rings. The minimum atomic E-state index is -3.02. The molecule has 0 radical (unpaired) electrons. The zero-order chi connectivity index (χ0) is 17.5. The van der Waals surface area contributed by atoms with Gasteiger partial charge in [-0.15, -0.1) is 0 Å². The van der Waals surface area contributed by atoms with E-state index < -0.39 is 15.7 Å². The van der Waals surface area contributed by atoms with E-state index in [1.807, 2.05) is 0 Å². The molecular formula is C15H15Cl2N3O3S. The molecule has 0 aliphatic carbocycles. The van der Waals surface area contributed by atoms with Crippen molar-refractivity contribution in [2.75, 3.05) is 16.8 Å². The van der Waals surface area contributed by atoms with Crippen LogP contribution in [0.25, 0.3) is 0 Å². The summed E-state index contributed by atoms with van der Waals surface area (Å²) in [5.74, 6) is -0.179. The fourth-order valence-corrected chi connectivity index (χ4v) is 4.70. The van der Waals surface area contributed by atoms with Crippen LogP contribution < -0.4 is 5.32 Å². The summed E-state index contributed by atoms with van der Waals surface area (Å²) in [5.41, 5.74) is 1.48. The summed E-state index contributed by atoms with van der Waals surface area (Å²) in [6.07, 6.45) is 0.513. The molecule has 1 aromatic heterocycles. The van der Waals surface area contributed by atoms with Crippen molar-refractivity contribution in [3.63, 3.8) is 0 Å². The first kappa shape index (κ1) is 17.3. The number of carbonyl (C=O) groups excluding carboxylic acids is 1. The summed E-state index contributed by atoms with van der Waals surface area (Å²) in [6.45, 7) is 1.80. The molecule has 2 heterocycles. The van der Waals surface area contributed by atoms with Crippen molar-refractivity contribution in [2.45, 2.75) is 19.4 Å². The molecule has 1 unspecified atom stereocenters. The molecule has 1 aliphatic heterocycles. The number of halogens is 2. The summed E-state index contributed by atoms with van der Waals surface area (Å²) >= 11 is 11.8. The van der Waals surface area contributed by atoms with Crippen molar-refractivity contribution in [1.29, 1.82) is 0 Å². The first-order valence-electron chi connectivity index (χ1n) is 7.28. The molecule has 3 rings (SSSR count). The third-order valence-electron chi connectivity index (χ3n) is 3.89. The minimum absolute atomic E-state index is 0.0589. The molecule has 1 saturated heterocycles. The zero-order valence-electron chi connectivity index (χ0n) is 12.8. The van der Waals surface area contributed by atoms with E-state index in [2.05, 4.69) is 10.4 Å². The fourth-order valence-electron chi connectivity index (χ4n) is 2.71. The lowest BCUT2D eigenvalue weighted by Gasteiger charge is -2.10. The van der Waals surface area contributed by atoms with E-state index >= 15 is 0 Å². The van der Waals surface area contributed by atoms with Crippen LogP contribution in [0.4, 0.5) is 5.69 Å². The van der Waals surface area contributed by atoms with Gasteiger partial charge in [-0.05, 0) is 37.6 Å². The molecular weight excluding hydrogens is 373 g/mol. The van der Waals surface area contributed by atoms with Gasteiger partial charge >= 0.3 is 0 Å². The molecule has 9 heteroatoms. The number of sulfone groups is 1. The SMILES string of the molecule is Cc1cc(C(=O)Nc2ccc(Cl)c(Cl)c2)nn1C1CCS(=O)(=O)C1. The zero-order valence-corrected chi connectivity index (χ0v) is 15.1. The lowest BCUT2D eigenvalue weighted by atomic mass is 10.2. The Morgan fingerprint density at radius 3 is 2.67 bits per heavy atom. The Morgan fingerprint density at radius 2 is 2.04 bits per heavy atom. The summed E-state index contributed by atoms with van der Waals surface area (Å²) in [4.78, 5) is 12.3. The third-order valence-corrected chi connectivity index (χ3v) is 6.38. The Kier molecular flexibility index (Phi) is 4.59. The number of carbonyl (C=O) groups is 1. The van der Waals surface area contributed by atoms with Crippen LogP contribution in [-0.2, 0) is 9.84 Å². The second-order valence-electron chi connectivity index (χ2n) is 5.76. The van der Waals surface area contributed by atoms with Crippen LogP contribution in [0.3, 0.4) is 0 Å². The van der Waals surface area contributed by atoms with Gasteiger partial charge in [-0.2, -0.15) is 5.10 Å². The molecule has 128 valence electrons. The number of anilines is 1. The van der Waals surface area contributed by atoms with Gasteiger partial charge in [0, 0.05) is 11.4 Å². The summed E-state index contributed by atoms with van der Waals surface area (Å²) in [7, 11) is -3.02. The number of hydrogen-bond acceptors (Lipinski definition) is 4. The number of rotatable bonds is 3. The summed E-state index contributed by atoms with van der Waals surface area (Å²) < 4.78 is 24.9. The molecule has 1 fully saturated rings. The van der Waals surface area contributed by atoms with Crippen molar-refractivity contribution in [2.24, 2.45) is 0 Å². The fraction of sp³-hybridized carbons (Fsp3) is 0.333. The summed E-state index contributed by atoms with van der Waals surface area (Å²) in [6, 6.07) is 6.20. The monoisotopic (exact) mass is 387 g/mol. The Hall–Kier alpha value is -1.57. The largest absolute Gasteiger partial charge is 0.321 e. The summed E-state index contributed by atoms with van der Waals surface area (Å²) in [5, 5.41) is 7.71. The minimum Gasteiger partial charge on any atom is -0.321 e. The molecule has 2 aromatic rings. The Labute approximate surface area is 149 Å². The Morgan fingerprint density at radius 1 is 1.29 bits per heavy atom. The van der Waals surface area contributed by atoms with Crippen LogP contribution in [0.2, 0.25) is 10.0 Å². The molecule has 24 heavy (non-hydrogen) atoms. The molecule has 0 spiro atoms. The van der Waals surface area contributed by atoms with Crippen LogP contribution >= 0.6 is 23.2 Å². The van der Waals surface area contributed by atoms with E-state index in [0.717, 1.165) is 5.69 Å². The highest BCUT2D eigenvalue weighted by molar-refractivity contribution is 7.91. The van der Waals surface area contributed by atoms with Gasteiger partial charge in [-0.3, -0.25) is 9.48 Å². The van der Waals surface area contributed by atoms with Gasteiger partial charge in [0.2, 0.25) is 0 Å². The third kappa shape index (κ3) is 3.58. The normalized spacial score (nSPS) is 19.4. The molecule has 6 nitrogen and oxygen atoms in total. The predicted octanol–water partition coefficient (Wildman–Crippen LogP) is 3.11. The van der Waals surface area contributed by atoms with Gasteiger partial charge in [0.05, 0.1) is 27.6 Å². The van der Waals surface area contributed by atoms with E-state index in [4.69, 9.17) is 23.2 Å². The number of nitrogens with zero attached hydrogens (tertiary/aromatic N) is 2. The lowest BCUT2D eigenvalue weighted by molar-refractivity contribution is 0.102. The maximum atomic E-state index is 12.3. The van der Waals surface area contributed by atoms with Gasteiger partial charge < -0.3 is 5.32 Å². The molecule has 1 N–H and O–H groups in total. The second-order valence-corrected chi connectivity index (χ2v) is 8.80. The van der Waals surface area contributed by atoms with Crippen LogP contribution in [-0.4, -0.2) is 35.6 Å². The van der Waals surface area contributed by atoms with Gasteiger partial charge in [0.1, 0.15) is 0 Å². The number of hydrogen-bond donors (Lipinski definition) is 1. The Balaban J connectivity index is 1.79. The number of aromatic nitrogens is 2. The van der Waals surface area contributed by atoms with Gasteiger partial charge in [-0.25, -0.2) is 8.42 Å². The lowest BCUT2D eigenvalue weighted by Crippen LogP contribution is -2.16. The molecule has 1 amide bonds. The topological polar surface area (TPSA) is 81.1 Å². The van der Waals surface area contributed by atoms with Crippen LogP contribution in [0.1, 0.15) is 28.6 Å². The van der Waals surface area contributed by atoms with Crippen molar-refractivity contribution >= 4 is 44.6 Å². The number of amides is 1. The van der Waals surface area contributed by atoms with E-state index in [1.54, 1.807) is 35.9 Å². The van der Waals surface area contributed by atoms with E-state index in [1.165, 1.54) is 0 Å². The van der Waals surface area contributed by atoms with Crippen molar-refractivity contribution in [1.82, 2.24) is 9.78 Å². The molecule has 1 aromatic carbocycles. The molecule has 0 saturated carbocycles. The predicted molar refractivity (Wildman–Crippen MR) is 93.7 cm³/mol. The number of aryl methyl sites for hydroxylation is 1. The average Bonchev–Trinajstić information content (AvgIpc) is 3.05. The van der Waals surface area contributed by atoms with Crippen LogP contribution in [0, 0.1) is 6.92 Å². The highest BCUT2D eigenvalue weighted by Gasteiger charge is 2.31.